The van der Waals surface area contributed by atoms with Crippen molar-refractivity contribution < 1.29 is 28.6 Å². The first-order valence-corrected chi connectivity index (χ1v) is 9.91. The Hall–Kier alpha value is -3.17. The predicted octanol–water partition coefficient (Wildman–Crippen LogP) is 3.32. The zero-order valence-electron chi connectivity index (χ0n) is 16.1. The lowest BCUT2D eigenvalue weighted by molar-refractivity contribution is -0.138. The summed E-state index contributed by atoms with van der Waals surface area (Å²) in [7, 11) is 2.97. The van der Waals surface area contributed by atoms with E-state index in [2.05, 4.69) is 0 Å². The summed E-state index contributed by atoms with van der Waals surface area (Å²) < 4.78 is 15.8. The van der Waals surface area contributed by atoms with E-state index in [-0.39, 0.29) is 28.3 Å². The molecule has 0 radical (unpaired) electrons. The lowest BCUT2D eigenvalue weighted by Crippen LogP contribution is -2.35. The SMILES string of the molecule is COc1ccc(C=C2SC(=S)N(CC(=O)Oc3ccc(C=O)cc3OC)C2=O)cc1. The van der Waals surface area contributed by atoms with Gasteiger partial charge in [-0.1, -0.05) is 36.1 Å². The van der Waals surface area contributed by atoms with Crippen LogP contribution in [0.2, 0.25) is 0 Å². The van der Waals surface area contributed by atoms with Crippen molar-refractivity contribution in [1.29, 1.82) is 0 Å². The second-order valence-electron chi connectivity index (χ2n) is 6.04. The molecule has 1 fully saturated rings. The molecule has 0 atom stereocenters. The first-order chi connectivity index (χ1) is 14.4. The highest BCUT2D eigenvalue weighted by Gasteiger charge is 2.34. The van der Waals surface area contributed by atoms with Crippen molar-refractivity contribution in [2.45, 2.75) is 0 Å². The summed E-state index contributed by atoms with van der Waals surface area (Å²) in [4.78, 5) is 37.5. The van der Waals surface area contributed by atoms with Crippen molar-refractivity contribution in [1.82, 2.24) is 4.90 Å². The summed E-state index contributed by atoms with van der Waals surface area (Å²) in [5.41, 5.74) is 1.19. The van der Waals surface area contributed by atoms with Gasteiger partial charge in [0.05, 0.1) is 19.1 Å². The third-order valence-electron chi connectivity index (χ3n) is 4.12. The third-order valence-corrected chi connectivity index (χ3v) is 5.50. The Morgan fingerprint density at radius 1 is 1.07 bits per heavy atom. The average Bonchev–Trinajstić information content (AvgIpc) is 3.01. The van der Waals surface area contributed by atoms with Crippen LogP contribution in [0, 0.1) is 0 Å². The van der Waals surface area contributed by atoms with Gasteiger partial charge in [-0.2, -0.15) is 0 Å². The minimum atomic E-state index is -0.686. The van der Waals surface area contributed by atoms with Gasteiger partial charge < -0.3 is 14.2 Å². The molecule has 0 aromatic heterocycles. The Balaban J connectivity index is 1.70. The van der Waals surface area contributed by atoms with Crippen molar-refractivity contribution in [3.63, 3.8) is 0 Å². The Bertz CT molecular complexity index is 1030. The monoisotopic (exact) mass is 443 g/mol. The number of esters is 1. The molecule has 9 heteroatoms. The van der Waals surface area contributed by atoms with Crippen molar-refractivity contribution in [2.24, 2.45) is 0 Å². The summed E-state index contributed by atoms with van der Waals surface area (Å²) in [5, 5.41) is 0. The molecule has 1 saturated heterocycles. The molecule has 1 amide bonds. The van der Waals surface area contributed by atoms with E-state index in [9.17, 15) is 14.4 Å². The Morgan fingerprint density at radius 2 is 1.77 bits per heavy atom. The van der Waals surface area contributed by atoms with Gasteiger partial charge in [0.1, 0.15) is 22.9 Å². The van der Waals surface area contributed by atoms with Crippen molar-refractivity contribution in [3.05, 3.63) is 58.5 Å². The van der Waals surface area contributed by atoms with E-state index >= 15 is 0 Å². The number of amides is 1. The maximum atomic E-state index is 12.7. The van der Waals surface area contributed by atoms with Crippen molar-refractivity contribution >= 4 is 52.5 Å². The number of nitrogens with zero attached hydrogens (tertiary/aromatic N) is 1. The highest BCUT2D eigenvalue weighted by Crippen LogP contribution is 2.33. The van der Waals surface area contributed by atoms with Gasteiger partial charge >= 0.3 is 5.97 Å². The Kier molecular flexibility index (Phi) is 6.86. The molecule has 0 N–H and O–H groups in total. The molecule has 154 valence electrons. The minimum absolute atomic E-state index is 0.146. The van der Waals surface area contributed by atoms with Crippen LogP contribution in [0.1, 0.15) is 15.9 Å². The van der Waals surface area contributed by atoms with Crippen molar-refractivity contribution in [3.8, 4) is 17.2 Å². The first-order valence-electron chi connectivity index (χ1n) is 8.68. The van der Waals surface area contributed by atoms with Gasteiger partial charge in [0.25, 0.3) is 5.91 Å². The number of carbonyl (C=O) groups excluding carboxylic acids is 3. The van der Waals surface area contributed by atoms with Crippen LogP contribution in [0.25, 0.3) is 6.08 Å². The van der Waals surface area contributed by atoms with E-state index in [0.717, 1.165) is 17.3 Å². The first kappa shape index (κ1) is 21.5. The molecule has 2 aromatic carbocycles. The number of aldehydes is 1. The number of ether oxygens (including phenoxy) is 3. The maximum absolute atomic E-state index is 12.7. The van der Waals surface area contributed by atoms with Gasteiger partial charge in [0.2, 0.25) is 0 Å². The summed E-state index contributed by atoms with van der Waals surface area (Å²) in [6, 6.07) is 11.6. The van der Waals surface area contributed by atoms with Crippen LogP contribution in [0.3, 0.4) is 0 Å². The summed E-state index contributed by atoms with van der Waals surface area (Å²) in [6.07, 6.45) is 2.36. The van der Waals surface area contributed by atoms with E-state index in [1.54, 1.807) is 25.3 Å². The number of carbonyl (C=O) groups is 3. The van der Waals surface area contributed by atoms with Crippen LogP contribution in [0.15, 0.2) is 47.4 Å². The van der Waals surface area contributed by atoms with E-state index in [4.69, 9.17) is 26.4 Å². The highest BCUT2D eigenvalue weighted by molar-refractivity contribution is 8.26. The fourth-order valence-corrected chi connectivity index (χ4v) is 3.87. The molecule has 0 unspecified atom stereocenters. The minimum Gasteiger partial charge on any atom is -0.497 e. The molecular formula is C21H17NO6S2. The Morgan fingerprint density at radius 3 is 2.40 bits per heavy atom. The predicted molar refractivity (Wildman–Crippen MR) is 117 cm³/mol. The third kappa shape index (κ3) is 4.87. The number of thiocarbonyl (C=S) groups is 1. The summed E-state index contributed by atoms with van der Waals surface area (Å²) >= 11 is 6.36. The molecular weight excluding hydrogens is 426 g/mol. The lowest BCUT2D eigenvalue weighted by Gasteiger charge is -2.14. The zero-order valence-corrected chi connectivity index (χ0v) is 17.7. The molecule has 30 heavy (non-hydrogen) atoms. The molecule has 0 aliphatic carbocycles. The van der Waals surface area contributed by atoms with Crippen LogP contribution in [-0.2, 0) is 9.59 Å². The fourth-order valence-electron chi connectivity index (χ4n) is 2.61. The molecule has 1 aliphatic heterocycles. The number of rotatable bonds is 7. The number of thioether (sulfide) groups is 1. The summed E-state index contributed by atoms with van der Waals surface area (Å²) in [5.74, 6) is 0.0271. The van der Waals surface area contributed by atoms with Gasteiger partial charge in [-0.05, 0) is 42.0 Å². The molecule has 7 nitrogen and oxygen atoms in total. The second kappa shape index (κ2) is 9.55. The van der Waals surface area contributed by atoms with Gasteiger partial charge in [-0.25, -0.2) is 4.79 Å². The van der Waals surface area contributed by atoms with Gasteiger partial charge in [-0.3, -0.25) is 14.5 Å². The molecule has 0 saturated carbocycles. The largest absolute Gasteiger partial charge is 0.497 e. The molecule has 0 bridgehead atoms. The lowest BCUT2D eigenvalue weighted by atomic mass is 10.2. The standard InChI is InChI=1S/C21H17NO6S2/c1-26-15-6-3-13(4-7-15)10-18-20(25)22(21(29)30-18)11-19(24)28-16-8-5-14(12-23)9-17(16)27-2/h3-10,12H,11H2,1-2H3. The smallest absolute Gasteiger partial charge is 0.331 e. The van der Waals surface area contributed by atoms with Crippen LogP contribution < -0.4 is 14.2 Å². The van der Waals surface area contributed by atoms with E-state index in [0.29, 0.717) is 22.5 Å². The molecule has 2 aromatic rings. The van der Waals surface area contributed by atoms with Gasteiger partial charge in [0, 0.05) is 5.56 Å². The number of methoxy groups -OCH3 is 2. The number of hydrogen-bond donors (Lipinski definition) is 0. The van der Waals surface area contributed by atoms with Crippen LogP contribution >= 0.6 is 24.0 Å². The van der Waals surface area contributed by atoms with Gasteiger partial charge in [0.15, 0.2) is 11.5 Å². The van der Waals surface area contributed by atoms with E-state index in [1.807, 2.05) is 12.1 Å². The summed E-state index contributed by atoms with van der Waals surface area (Å²) in [6.45, 7) is -0.344. The fraction of sp³-hybridized carbons (Fsp3) is 0.143. The maximum Gasteiger partial charge on any atom is 0.331 e. The Labute approximate surface area is 182 Å². The van der Waals surface area contributed by atoms with Crippen LogP contribution in [0.4, 0.5) is 0 Å². The average molecular weight is 444 g/mol. The van der Waals surface area contributed by atoms with Gasteiger partial charge in [-0.15, -0.1) is 0 Å². The molecule has 3 rings (SSSR count). The number of benzene rings is 2. The molecule has 0 spiro atoms. The highest BCUT2D eigenvalue weighted by atomic mass is 32.2. The molecule has 1 aliphatic rings. The van der Waals surface area contributed by atoms with Crippen molar-refractivity contribution in [2.75, 3.05) is 20.8 Å². The normalized spacial score (nSPS) is 14.7. The van der Waals surface area contributed by atoms with E-state index < -0.39 is 5.97 Å². The molecule has 1 heterocycles. The zero-order chi connectivity index (χ0) is 21.7. The quantitative estimate of drug-likeness (QED) is 0.212. The topological polar surface area (TPSA) is 82.1 Å². The van der Waals surface area contributed by atoms with Crippen LogP contribution in [0.5, 0.6) is 17.2 Å². The number of hydrogen-bond acceptors (Lipinski definition) is 8. The van der Waals surface area contributed by atoms with E-state index in [1.165, 1.54) is 30.2 Å². The van der Waals surface area contributed by atoms with Crippen LogP contribution in [-0.4, -0.2) is 48.1 Å². The second-order valence-corrected chi connectivity index (χ2v) is 7.72.